The lowest BCUT2D eigenvalue weighted by molar-refractivity contribution is 0.667. The molecular formula is C39H32N2OSi. The smallest absolute Gasteiger partial charge is 0.159 e. The predicted octanol–water partition coefficient (Wildman–Crippen LogP) is 8.53. The van der Waals surface area contributed by atoms with Gasteiger partial charge >= 0.3 is 0 Å². The normalized spacial score (nSPS) is 13.7. The van der Waals surface area contributed by atoms with E-state index in [1.54, 1.807) is 0 Å². The molecule has 0 saturated heterocycles. The van der Waals surface area contributed by atoms with E-state index in [1.807, 2.05) is 0 Å². The Morgan fingerprint density at radius 3 is 2.09 bits per heavy atom. The number of para-hydroxylation sites is 4. The third-order valence-electron chi connectivity index (χ3n) is 9.26. The van der Waals surface area contributed by atoms with Crippen molar-refractivity contribution in [1.82, 2.24) is 9.13 Å². The molecule has 5 aromatic carbocycles. The van der Waals surface area contributed by atoms with Gasteiger partial charge in [0.25, 0.3) is 0 Å². The van der Waals surface area contributed by atoms with Gasteiger partial charge in [-0.1, -0.05) is 98.5 Å². The van der Waals surface area contributed by atoms with Crippen molar-refractivity contribution in [3.63, 3.8) is 0 Å². The van der Waals surface area contributed by atoms with E-state index in [4.69, 9.17) is 4.42 Å². The first kappa shape index (κ1) is 24.8. The standard InChI is InChI=1S/C39H32N2OSi/c1-43(2,3)37-22-12-18-29-28-17-11-21-34(38(28)42-39(29)37)41-33-20-10-8-16-27(33)31-23-30-26-15-7-9-19-32(26)40(35(30)24-36(31)41)25-13-5-4-6-14-25/h4-7,9,11-24H,8,10H2,1-3H3. The summed E-state index contributed by atoms with van der Waals surface area (Å²) in [6.07, 6.45) is 6.94. The first-order valence-electron chi connectivity index (χ1n) is 15.3. The molecule has 8 aromatic rings. The molecule has 43 heavy (non-hydrogen) atoms. The molecule has 1 aliphatic carbocycles. The van der Waals surface area contributed by atoms with Crippen LogP contribution in [0.25, 0.3) is 78.2 Å². The maximum absolute atomic E-state index is 6.92. The van der Waals surface area contributed by atoms with Gasteiger partial charge in [-0.2, -0.15) is 0 Å². The highest BCUT2D eigenvalue weighted by Gasteiger charge is 2.24. The van der Waals surface area contributed by atoms with Crippen molar-refractivity contribution in [2.75, 3.05) is 0 Å². The van der Waals surface area contributed by atoms with E-state index < -0.39 is 8.07 Å². The van der Waals surface area contributed by atoms with Gasteiger partial charge in [0.2, 0.25) is 0 Å². The summed E-state index contributed by atoms with van der Waals surface area (Å²) < 4.78 is 11.8. The number of aromatic nitrogens is 2. The highest BCUT2D eigenvalue weighted by atomic mass is 28.3. The Morgan fingerprint density at radius 1 is 0.558 bits per heavy atom. The van der Waals surface area contributed by atoms with Gasteiger partial charge in [-0.05, 0) is 54.4 Å². The average Bonchev–Trinajstić information content (AvgIpc) is 3.67. The number of nitrogens with zero attached hydrogens (tertiary/aromatic N) is 2. The van der Waals surface area contributed by atoms with Gasteiger partial charge in [0.05, 0.1) is 30.3 Å². The van der Waals surface area contributed by atoms with E-state index in [0.717, 1.165) is 29.7 Å². The summed E-state index contributed by atoms with van der Waals surface area (Å²) in [6, 6.07) is 37.7. The van der Waals surface area contributed by atoms with E-state index >= 15 is 0 Å². The van der Waals surface area contributed by atoms with Crippen LogP contribution in [-0.2, 0) is 0 Å². The second-order valence-corrected chi connectivity index (χ2v) is 17.9. The van der Waals surface area contributed by atoms with Crippen molar-refractivity contribution >= 4 is 80.1 Å². The number of hydrogen-bond donors (Lipinski definition) is 0. The molecule has 3 heterocycles. The van der Waals surface area contributed by atoms with Crippen LogP contribution >= 0.6 is 0 Å². The Morgan fingerprint density at radius 2 is 1.26 bits per heavy atom. The first-order valence-corrected chi connectivity index (χ1v) is 18.8. The topological polar surface area (TPSA) is 23.0 Å². The van der Waals surface area contributed by atoms with Crippen LogP contribution in [0.3, 0.4) is 0 Å². The molecule has 0 fully saturated rings. The van der Waals surface area contributed by atoms with Crippen LogP contribution in [0.15, 0.2) is 108 Å². The highest BCUT2D eigenvalue weighted by molar-refractivity contribution is 6.90. The number of fused-ring (bicyclic) bond motifs is 9. The molecule has 3 nitrogen and oxygen atoms in total. The van der Waals surface area contributed by atoms with E-state index in [1.165, 1.54) is 64.9 Å². The van der Waals surface area contributed by atoms with Crippen LogP contribution in [0.5, 0.6) is 0 Å². The summed E-state index contributed by atoms with van der Waals surface area (Å²) in [6.45, 7) is 7.19. The van der Waals surface area contributed by atoms with Crippen molar-refractivity contribution in [2.45, 2.75) is 32.5 Å². The van der Waals surface area contributed by atoms with Crippen LogP contribution in [0.2, 0.25) is 19.6 Å². The largest absolute Gasteiger partial charge is 0.454 e. The Balaban J connectivity index is 1.45. The number of rotatable bonds is 3. The van der Waals surface area contributed by atoms with Crippen molar-refractivity contribution in [1.29, 1.82) is 0 Å². The fraction of sp³-hybridized carbons (Fsp3) is 0.128. The molecule has 0 N–H and O–H groups in total. The monoisotopic (exact) mass is 572 g/mol. The Bertz CT molecular complexity index is 2540. The highest BCUT2D eigenvalue weighted by Crippen LogP contribution is 2.37. The minimum absolute atomic E-state index is 0.963. The minimum atomic E-state index is -1.61. The van der Waals surface area contributed by atoms with Crippen molar-refractivity contribution in [3.05, 3.63) is 114 Å². The maximum Gasteiger partial charge on any atom is 0.159 e. The number of furan rings is 1. The maximum atomic E-state index is 6.92. The van der Waals surface area contributed by atoms with E-state index in [2.05, 4.69) is 144 Å². The molecule has 0 radical (unpaired) electrons. The Kier molecular flexibility index (Phi) is 5.10. The first-order chi connectivity index (χ1) is 21.0. The zero-order valence-corrected chi connectivity index (χ0v) is 25.7. The van der Waals surface area contributed by atoms with E-state index in [0.29, 0.717) is 0 Å². The van der Waals surface area contributed by atoms with Gasteiger partial charge in [0, 0.05) is 43.2 Å². The molecule has 0 bridgehead atoms. The molecule has 208 valence electrons. The van der Waals surface area contributed by atoms with Crippen LogP contribution in [-0.4, -0.2) is 17.2 Å². The third kappa shape index (κ3) is 3.47. The Labute approximate surface area is 250 Å². The van der Waals surface area contributed by atoms with Gasteiger partial charge in [-0.3, -0.25) is 0 Å². The van der Waals surface area contributed by atoms with E-state index in [-0.39, 0.29) is 0 Å². The zero-order chi connectivity index (χ0) is 28.9. The molecule has 3 aromatic heterocycles. The molecule has 4 heteroatoms. The second kappa shape index (κ2) is 8.85. The predicted molar refractivity (Wildman–Crippen MR) is 185 cm³/mol. The lowest BCUT2D eigenvalue weighted by Gasteiger charge is -2.16. The van der Waals surface area contributed by atoms with Gasteiger partial charge in [0.1, 0.15) is 5.58 Å². The number of benzene rings is 5. The van der Waals surface area contributed by atoms with Crippen LogP contribution in [0, 0.1) is 0 Å². The van der Waals surface area contributed by atoms with Crippen molar-refractivity contribution < 1.29 is 4.42 Å². The van der Waals surface area contributed by atoms with Crippen molar-refractivity contribution in [3.8, 4) is 11.4 Å². The molecular weight excluding hydrogens is 541 g/mol. The molecule has 0 spiro atoms. The summed E-state index contributed by atoms with van der Waals surface area (Å²) in [4.78, 5) is 0. The van der Waals surface area contributed by atoms with Gasteiger partial charge in [0.15, 0.2) is 5.58 Å². The molecule has 0 unspecified atom stereocenters. The van der Waals surface area contributed by atoms with Crippen molar-refractivity contribution in [2.24, 2.45) is 0 Å². The average molecular weight is 573 g/mol. The zero-order valence-electron chi connectivity index (χ0n) is 24.7. The fourth-order valence-corrected chi connectivity index (χ4v) is 8.81. The van der Waals surface area contributed by atoms with Crippen LogP contribution in [0.4, 0.5) is 0 Å². The summed E-state index contributed by atoms with van der Waals surface area (Å²) in [5.74, 6) is 0. The molecule has 0 amide bonds. The SMILES string of the molecule is C[Si](C)(C)c1cccc2c1oc1c(-n3c4c(c5cc6c7ccccc7n(-c7ccccc7)c6cc53)=CCCC=4)cccc12. The number of hydrogen-bond acceptors (Lipinski definition) is 1. The molecule has 1 aliphatic rings. The Hall–Kier alpha value is -4.80. The fourth-order valence-electron chi connectivity index (χ4n) is 7.34. The lowest BCUT2D eigenvalue weighted by atomic mass is 10.1. The summed E-state index contributed by atoms with van der Waals surface area (Å²) >= 11 is 0. The third-order valence-corrected chi connectivity index (χ3v) is 11.3. The van der Waals surface area contributed by atoms with Gasteiger partial charge < -0.3 is 13.6 Å². The van der Waals surface area contributed by atoms with Crippen LogP contribution in [0.1, 0.15) is 12.8 Å². The quantitative estimate of drug-likeness (QED) is 0.195. The summed E-state index contributed by atoms with van der Waals surface area (Å²) in [5, 5.41) is 10.2. The minimum Gasteiger partial charge on any atom is -0.454 e. The summed E-state index contributed by atoms with van der Waals surface area (Å²) in [7, 11) is -1.61. The van der Waals surface area contributed by atoms with Gasteiger partial charge in [-0.15, -0.1) is 0 Å². The lowest BCUT2D eigenvalue weighted by Crippen LogP contribution is -2.37. The van der Waals surface area contributed by atoms with E-state index in [9.17, 15) is 0 Å². The molecule has 0 saturated carbocycles. The second-order valence-electron chi connectivity index (χ2n) is 12.9. The summed E-state index contributed by atoms with van der Waals surface area (Å²) in [5.41, 5.74) is 7.95. The molecule has 0 aliphatic heterocycles. The van der Waals surface area contributed by atoms with Crippen LogP contribution < -0.4 is 15.8 Å². The van der Waals surface area contributed by atoms with Gasteiger partial charge in [-0.25, -0.2) is 0 Å². The molecule has 0 atom stereocenters. The molecule has 9 rings (SSSR count).